The third-order valence-corrected chi connectivity index (χ3v) is 7.29. The van der Waals surface area contributed by atoms with Crippen molar-refractivity contribution in [2.75, 3.05) is 26.2 Å². The molecule has 6 nitrogen and oxygen atoms in total. The summed E-state index contributed by atoms with van der Waals surface area (Å²) in [5.41, 5.74) is 0. The fourth-order valence-electron chi connectivity index (χ4n) is 3.54. The van der Waals surface area contributed by atoms with Crippen molar-refractivity contribution in [1.82, 2.24) is 14.5 Å². The van der Waals surface area contributed by atoms with Gasteiger partial charge in [-0.05, 0) is 53.4 Å². The minimum absolute atomic E-state index is 0.0146. The minimum atomic E-state index is -3.22. The van der Waals surface area contributed by atoms with Gasteiger partial charge in [0.15, 0.2) is 0 Å². The van der Waals surface area contributed by atoms with Gasteiger partial charge in [0.2, 0.25) is 15.9 Å². The minimum Gasteiger partial charge on any atom is -0.340 e. The van der Waals surface area contributed by atoms with Gasteiger partial charge in [-0.15, -0.1) is 0 Å². The van der Waals surface area contributed by atoms with Gasteiger partial charge < -0.3 is 4.90 Å². The molecule has 1 aliphatic heterocycles. The zero-order chi connectivity index (χ0) is 17.9. The number of amides is 1. The fourth-order valence-corrected chi connectivity index (χ4v) is 4.52. The average molecular weight is 360 g/mol. The lowest BCUT2D eigenvalue weighted by molar-refractivity contribution is -0.138. The molecule has 140 valence electrons. The zero-order valence-corrected chi connectivity index (χ0v) is 16.3. The van der Waals surface area contributed by atoms with E-state index in [0.29, 0.717) is 6.04 Å². The second-order valence-electron chi connectivity index (χ2n) is 7.72. The smallest absolute Gasteiger partial charge is 0.225 e. The molecule has 0 atom stereocenters. The Bertz CT molecular complexity index is 517. The van der Waals surface area contributed by atoms with E-state index in [-0.39, 0.29) is 17.9 Å². The van der Waals surface area contributed by atoms with Crippen LogP contribution in [0.3, 0.4) is 0 Å². The SMILES string of the molecule is CC(C)N1CCN(C(=O)[C@H]2CC[C@@H](NS(=O)(=O)C(C)C)CC2)CC1. The Balaban J connectivity index is 1.79. The van der Waals surface area contributed by atoms with Crippen molar-refractivity contribution < 1.29 is 13.2 Å². The largest absolute Gasteiger partial charge is 0.340 e. The second kappa shape index (κ2) is 8.15. The molecule has 2 rings (SSSR count). The molecule has 1 N–H and O–H groups in total. The summed E-state index contributed by atoms with van der Waals surface area (Å²) in [7, 11) is -3.22. The number of hydrogen-bond acceptors (Lipinski definition) is 4. The Hall–Kier alpha value is -0.660. The van der Waals surface area contributed by atoms with Crippen LogP contribution >= 0.6 is 0 Å². The molecule has 2 aliphatic rings. The second-order valence-corrected chi connectivity index (χ2v) is 9.98. The Morgan fingerprint density at radius 2 is 1.50 bits per heavy atom. The number of nitrogens with one attached hydrogen (secondary N) is 1. The molecule has 24 heavy (non-hydrogen) atoms. The summed E-state index contributed by atoms with van der Waals surface area (Å²) in [6.07, 6.45) is 3.09. The summed E-state index contributed by atoms with van der Waals surface area (Å²) < 4.78 is 26.7. The standard InChI is InChI=1S/C17H33N3O3S/c1-13(2)19-9-11-20(12-10-19)17(21)15-5-7-16(8-6-15)18-24(22,23)14(3)4/h13-16,18H,5-12H2,1-4H3/t15-,16+. The third-order valence-electron chi connectivity index (χ3n) is 5.38. The van der Waals surface area contributed by atoms with E-state index in [1.165, 1.54) is 0 Å². The molecule has 0 aromatic rings. The lowest BCUT2D eigenvalue weighted by Crippen LogP contribution is -2.52. The molecule has 1 saturated carbocycles. The maximum Gasteiger partial charge on any atom is 0.225 e. The number of sulfonamides is 1. The lowest BCUT2D eigenvalue weighted by Gasteiger charge is -2.39. The zero-order valence-electron chi connectivity index (χ0n) is 15.5. The normalized spacial score (nSPS) is 27.0. The van der Waals surface area contributed by atoms with Crippen molar-refractivity contribution >= 4 is 15.9 Å². The summed E-state index contributed by atoms with van der Waals surface area (Å²) in [5, 5.41) is -0.408. The van der Waals surface area contributed by atoms with Crippen molar-refractivity contribution in [1.29, 1.82) is 0 Å². The van der Waals surface area contributed by atoms with E-state index in [1.807, 2.05) is 4.90 Å². The summed E-state index contributed by atoms with van der Waals surface area (Å²) in [6, 6.07) is 0.519. The summed E-state index contributed by atoms with van der Waals surface area (Å²) >= 11 is 0. The third kappa shape index (κ3) is 4.92. The van der Waals surface area contributed by atoms with Gasteiger partial charge >= 0.3 is 0 Å². The highest BCUT2D eigenvalue weighted by molar-refractivity contribution is 7.90. The molecule has 2 fully saturated rings. The van der Waals surface area contributed by atoms with E-state index in [9.17, 15) is 13.2 Å². The van der Waals surface area contributed by atoms with Crippen LogP contribution in [-0.4, -0.2) is 67.6 Å². The maximum absolute atomic E-state index is 12.7. The van der Waals surface area contributed by atoms with Crippen LogP contribution < -0.4 is 4.72 Å². The van der Waals surface area contributed by atoms with Gasteiger partial charge in [-0.1, -0.05) is 0 Å². The van der Waals surface area contributed by atoms with Crippen LogP contribution in [0.5, 0.6) is 0 Å². The van der Waals surface area contributed by atoms with Crippen LogP contribution in [0.15, 0.2) is 0 Å². The van der Waals surface area contributed by atoms with Gasteiger partial charge in [0.25, 0.3) is 0 Å². The quantitative estimate of drug-likeness (QED) is 0.806. The first kappa shape index (κ1) is 19.7. The van der Waals surface area contributed by atoms with Crippen molar-refractivity contribution in [2.24, 2.45) is 5.92 Å². The van der Waals surface area contributed by atoms with E-state index in [4.69, 9.17) is 0 Å². The van der Waals surface area contributed by atoms with Gasteiger partial charge in [0, 0.05) is 44.2 Å². The molecule has 1 amide bonds. The Labute approximate surface area is 147 Å². The number of nitrogens with zero attached hydrogens (tertiary/aromatic N) is 2. The van der Waals surface area contributed by atoms with Crippen molar-refractivity contribution in [2.45, 2.75) is 70.7 Å². The monoisotopic (exact) mass is 359 g/mol. The molecular formula is C17H33N3O3S. The van der Waals surface area contributed by atoms with E-state index < -0.39 is 15.3 Å². The maximum atomic E-state index is 12.7. The predicted octanol–water partition coefficient (Wildman–Crippen LogP) is 1.43. The van der Waals surface area contributed by atoms with Crippen LogP contribution in [-0.2, 0) is 14.8 Å². The van der Waals surface area contributed by atoms with Crippen molar-refractivity contribution in [3.63, 3.8) is 0 Å². The van der Waals surface area contributed by atoms with Gasteiger partial charge in [-0.2, -0.15) is 0 Å². The van der Waals surface area contributed by atoms with Gasteiger partial charge in [0.05, 0.1) is 5.25 Å². The van der Waals surface area contributed by atoms with Gasteiger partial charge in [0.1, 0.15) is 0 Å². The summed E-state index contributed by atoms with van der Waals surface area (Å²) in [4.78, 5) is 17.1. The van der Waals surface area contributed by atoms with Crippen molar-refractivity contribution in [3.8, 4) is 0 Å². The first-order valence-corrected chi connectivity index (χ1v) is 10.8. The molecule has 7 heteroatoms. The molecule has 0 aromatic carbocycles. The topological polar surface area (TPSA) is 69.7 Å². The molecular weight excluding hydrogens is 326 g/mol. The first-order valence-electron chi connectivity index (χ1n) is 9.24. The molecule has 1 heterocycles. The fraction of sp³-hybridized carbons (Fsp3) is 0.941. The highest BCUT2D eigenvalue weighted by Gasteiger charge is 2.32. The van der Waals surface area contributed by atoms with Crippen LogP contribution in [0.1, 0.15) is 53.4 Å². The molecule has 0 aromatic heterocycles. The van der Waals surface area contributed by atoms with E-state index in [2.05, 4.69) is 23.5 Å². The molecule has 0 bridgehead atoms. The van der Waals surface area contributed by atoms with Crippen LogP contribution in [0.2, 0.25) is 0 Å². The van der Waals surface area contributed by atoms with Crippen molar-refractivity contribution in [3.05, 3.63) is 0 Å². The van der Waals surface area contributed by atoms with E-state index >= 15 is 0 Å². The Morgan fingerprint density at radius 3 is 1.96 bits per heavy atom. The van der Waals surface area contributed by atoms with Crippen LogP contribution in [0, 0.1) is 5.92 Å². The van der Waals surface area contributed by atoms with Crippen LogP contribution in [0.25, 0.3) is 0 Å². The number of rotatable bonds is 5. The molecule has 0 radical (unpaired) electrons. The summed E-state index contributed by atoms with van der Waals surface area (Å²) in [6.45, 7) is 11.3. The number of hydrogen-bond donors (Lipinski definition) is 1. The highest BCUT2D eigenvalue weighted by Crippen LogP contribution is 2.27. The summed E-state index contributed by atoms with van der Waals surface area (Å²) in [5.74, 6) is 0.332. The highest BCUT2D eigenvalue weighted by atomic mass is 32.2. The Morgan fingerprint density at radius 1 is 0.958 bits per heavy atom. The number of piperazine rings is 1. The van der Waals surface area contributed by atoms with E-state index in [1.54, 1.807) is 13.8 Å². The lowest BCUT2D eigenvalue weighted by atomic mass is 9.85. The van der Waals surface area contributed by atoms with Gasteiger partial charge in [-0.3, -0.25) is 9.69 Å². The van der Waals surface area contributed by atoms with E-state index in [0.717, 1.165) is 51.9 Å². The molecule has 0 unspecified atom stereocenters. The van der Waals surface area contributed by atoms with Crippen LogP contribution in [0.4, 0.5) is 0 Å². The number of carbonyl (C=O) groups is 1. The Kier molecular flexibility index (Phi) is 6.67. The number of carbonyl (C=O) groups excluding carboxylic acids is 1. The van der Waals surface area contributed by atoms with Gasteiger partial charge in [-0.25, -0.2) is 13.1 Å². The average Bonchev–Trinajstić information content (AvgIpc) is 2.54. The predicted molar refractivity (Wildman–Crippen MR) is 96.2 cm³/mol. The molecule has 1 aliphatic carbocycles. The first-order chi connectivity index (χ1) is 11.2. The molecule has 0 spiro atoms. The molecule has 1 saturated heterocycles.